The van der Waals surface area contributed by atoms with Crippen molar-refractivity contribution in [1.29, 1.82) is 0 Å². The lowest BCUT2D eigenvalue weighted by Crippen LogP contribution is -2.01. The molecule has 0 bridgehead atoms. The van der Waals surface area contributed by atoms with Crippen molar-refractivity contribution in [2.75, 3.05) is 19.5 Å². The zero-order valence-corrected chi connectivity index (χ0v) is 14.8. The Balaban J connectivity index is 1.81. The fraction of sp³-hybridized carbons (Fsp3) is 0.200. The highest BCUT2D eigenvalue weighted by atomic mass is 16.5. The van der Waals surface area contributed by atoms with Crippen LogP contribution in [-0.2, 0) is 6.42 Å². The summed E-state index contributed by atoms with van der Waals surface area (Å²) in [6.07, 6.45) is 4.33. The average Bonchev–Trinajstić information content (AvgIpc) is 3.05. The number of phenolic OH excluding ortho intramolecular Hbond substituents is 1. The summed E-state index contributed by atoms with van der Waals surface area (Å²) in [5.41, 5.74) is 4.81. The standard InChI is InChI=1S/C20H19N3O3/c1-11-6-12-13(7-11)17(24)5-4-15(12)23-20-14-8-18(25-2)19(26-3)9-16(14)21-10-22-20/h4-5,7-10,24H,6H2,1-3H3,(H,21,22,23). The third-order valence-electron chi connectivity index (χ3n) is 4.57. The summed E-state index contributed by atoms with van der Waals surface area (Å²) in [6.45, 7) is 2.06. The van der Waals surface area contributed by atoms with Crippen LogP contribution in [0.1, 0.15) is 18.1 Å². The molecule has 0 saturated heterocycles. The number of fused-ring (bicyclic) bond motifs is 2. The van der Waals surface area contributed by atoms with E-state index in [-0.39, 0.29) is 0 Å². The number of anilines is 2. The van der Waals surface area contributed by atoms with Crippen LogP contribution in [0.25, 0.3) is 17.0 Å². The predicted octanol–water partition coefficient (Wildman–Crippen LogP) is 4.06. The number of aromatic nitrogens is 2. The third-order valence-corrected chi connectivity index (χ3v) is 4.57. The Morgan fingerprint density at radius 3 is 2.62 bits per heavy atom. The highest BCUT2D eigenvalue weighted by Crippen LogP contribution is 2.39. The number of hydrogen-bond acceptors (Lipinski definition) is 6. The van der Waals surface area contributed by atoms with Gasteiger partial charge in [0, 0.05) is 22.7 Å². The quantitative estimate of drug-likeness (QED) is 0.692. The fourth-order valence-corrected chi connectivity index (χ4v) is 3.31. The molecule has 6 heteroatoms. The molecular weight excluding hydrogens is 330 g/mol. The van der Waals surface area contributed by atoms with E-state index in [0.29, 0.717) is 23.1 Å². The SMILES string of the molecule is COc1cc2ncnc(Nc3ccc(O)c4c3CC(C)=C4)c2cc1OC. The summed E-state index contributed by atoms with van der Waals surface area (Å²) in [5.74, 6) is 2.20. The molecule has 3 aromatic rings. The van der Waals surface area contributed by atoms with Gasteiger partial charge < -0.3 is 19.9 Å². The Labute approximate surface area is 151 Å². The van der Waals surface area contributed by atoms with Crippen LogP contribution in [0.5, 0.6) is 17.2 Å². The smallest absolute Gasteiger partial charge is 0.162 e. The van der Waals surface area contributed by atoms with E-state index in [1.807, 2.05) is 24.3 Å². The molecule has 1 aliphatic carbocycles. The number of benzene rings is 2. The molecule has 0 spiro atoms. The number of ether oxygens (including phenoxy) is 2. The van der Waals surface area contributed by atoms with E-state index in [1.165, 1.54) is 11.9 Å². The van der Waals surface area contributed by atoms with Gasteiger partial charge in [0.15, 0.2) is 11.5 Å². The maximum atomic E-state index is 10.1. The Hall–Kier alpha value is -3.28. The monoisotopic (exact) mass is 349 g/mol. The van der Waals surface area contributed by atoms with Crippen LogP contribution < -0.4 is 14.8 Å². The van der Waals surface area contributed by atoms with Gasteiger partial charge in [0.05, 0.1) is 19.7 Å². The van der Waals surface area contributed by atoms with Crippen molar-refractivity contribution < 1.29 is 14.6 Å². The van der Waals surface area contributed by atoms with Crippen molar-refractivity contribution in [3.05, 3.63) is 47.3 Å². The first kappa shape index (κ1) is 16.2. The molecular formula is C20H19N3O3. The van der Waals surface area contributed by atoms with Gasteiger partial charge in [-0.15, -0.1) is 0 Å². The highest BCUT2D eigenvalue weighted by Gasteiger charge is 2.19. The number of hydrogen-bond donors (Lipinski definition) is 2. The summed E-state index contributed by atoms with van der Waals surface area (Å²) in [4.78, 5) is 8.73. The fourth-order valence-electron chi connectivity index (χ4n) is 3.31. The first-order chi connectivity index (χ1) is 12.6. The number of methoxy groups -OCH3 is 2. The van der Waals surface area contributed by atoms with Crippen LogP contribution in [0.3, 0.4) is 0 Å². The van der Waals surface area contributed by atoms with E-state index in [4.69, 9.17) is 9.47 Å². The Morgan fingerprint density at radius 2 is 1.85 bits per heavy atom. The summed E-state index contributed by atoms with van der Waals surface area (Å²) in [7, 11) is 3.20. The molecule has 6 nitrogen and oxygen atoms in total. The van der Waals surface area contributed by atoms with Gasteiger partial charge in [-0.25, -0.2) is 9.97 Å². The number of phenols is 1. The largest absolute Gasteiger partial charge is 0.507 e. The lowest BCUT2D eigenvalue weighted by atomic mass is 10.1. The van der Waals surface area contributed by atoms with Gasteiger partial charge in [0.1, 0.15) is 17.9 Å². The van der Waals surface area contributed by atoms with Crippen LogP contribution in [0.15, 0.2) is 36.2 Å². The lowest BCUT2D eigenvalue weighted by molar-refractivity contribution is 0.356. The number of rotatable bonds is 4. The maximum Gasteiger partial charge on any atom is 0.162 e. The van der Waals surface area contributed by atoms with Crippen LogP contribution in [0.4, 0.5) is 11.5 Å². The van der Waals surface area contributed by atoms with Gasteiger partial charge in [0.2, 0.25) is 0 Å². The highest BCUT2D eigenvalue weighted by molar-refractivity contribution is 5.93. The van der Waals surface area contributed by atoms with Crippen molar-refractivity contribution in [3.8, 4) is 17.2 Å². The molecule has 0 saturated carbocycles. The normalized spacial score (nSPS) is 12.7. The van der Waals surface area contributed by atoms with E-state index in [0.717, 1.165) is 34.1 Å². The van der Waals surface area contributed by atoms with E-state index in [1.54, 1.807) is 20.3 Å². The van der Waals surface area contributed by atoms with Gasteiger partial charge >= 0.3 is 0 Å². The van der Waals surface area contributed by atoms with Crippen molar-refractivity contribution in [2.45, 2.75) is 13.3 Å². The van der Waals surface area contributed by atoms with Gasteiger partial charge in [-0.1, -0.05) is 11.6 Å². The van der Waals surface area contributed by atoms with Crippen molar-refractivity contribution in [1.82, 2.24) is 9.97 Å². The number of aromatic hydroxyl groups is 1. The van der Waals surface area contributed by atoms with Crippen molar-refractivity contribution in [3.63, 3.8) is 0 Å². The molecule has 0 fully saturated rings. The summed E-state index contributed by atoms with van der Waals surface area (Å²) in [5, 5.41) is 14.3. The van der Waals surface area contributed by atoms with Gasteiger partial charge in [-0.2, -0.15) is 0 Å². The Bertz CT molecular complexity index is 1040. The minimum Gasteiger partial charge on any atom is -0.507 e. The Morgan fingerprint density at radius 1 is 1.08 bits per heavy atom. The summed E-state index contributed by atoms with van der Waals surface area (Å²) in [6, 6.07) is 7.26. The number of allylic oxidation sites excluding steroid dienone is 1. The van der Waals surface area contributed by atoms with Gasteiger partial charge in [-0.05, 0) is 37.1 Å². The molecule has 1 aliphatic rings. The molecule has 2 aromatic carbocycles. The molecule has 0 amide bonds. The lowest BCUT2D eigenvalue weighted by Gasteiger charge is -2.15. The molecule has 132 valence electrons. The predicted molar refractivity (Wildman–Crippen MR) is 101 cm³/mol. The van der Waals surface area contributed by atoms with E-state index >= 15 is 0 Å². The topological polar surface area (TPSA) is 76.5 Å². The average molecular weight is 349 g/mol. The van der Waals surface area contributed by atoms with Crippen molar-refractivity contribution >= 4 is 28.5 Å². The zero-order valence-electron chi connectivity index (χ0n) is 14.8. The molecule has 26 heavy (non-hydrogen) atoms. The minimum atomic E-state index is 0.293. The summed E-state index contributed by atoms with van der Waals surface area (Å²) >= 11 is 0. The van der Waals surface area contributed by atoms with E-state index < -0.39 is 0 Å². The molecule has 0 atom stereocenters. The molecule has 1 aromatic heterocycles. The number of nitrogens with zero attached hydrogens (tertiary/aromatic N) is 2. The first-order valence-corrected chi connectivity index (χ1v) is 8.26. The first-order valence-electron chi connectivity index (χ1n) is 8.26. The third kappa shape index (κ3) is 2.60. The van der Waals surface area contributed by atoms with Crippen molar-refractivity contribution in [2.24, 2.45) is 0 Å². The molecule has 0 radical (unpaired) electrons. The van der Waals surface area contributed by atoms with E-state index in [9.17, 15) is 5.11 Å². The van der Waals surface area contributed by atoms with Crippen LogP contribution in [0.2, 0.25) is 0 Å². The second-order valence-corrected chi connectivity index (χ2v) is 6.26. The number of nitrogens with one attached hydrogen (secondary N) is 1. The maximum absolute atomic E-state index is 10.1. The zero-order chi connectivity index (χ0) is 18.3. The second kappa shape index (κ2) is 6.22. The van der Waals surface area contributed by atoms with Crippen LogP contribution in [0, 0.1) is 0 Å². The second-order valence-electron chi connectivity index (χ2n) is 6.26. The summed E-state index contributed by atoms with van der Waals surface area (Å²) < 4.78 is 10.8. The van der Waals surface area contributed by atoms with Crippen LogP contribution >= 0.6 is 0 Å². The molecule has 4 rings (SSSR count). The molecule has 2 N–H and O–H groups in total. The molecule has 1 heterocycles. The van der Waals surface area contributed by atoms with Gasteiger partial charge in [-0.3, -0.25) is 0 Å². The minimum absolute atomic E-state index is 0.293. The molecule has 0 unspecified atom stereocenters. The Kier molecular flexibility index (Phi) is 3.88. The van der Waals surface area contributed by atoms with Crippen LogP contribution in [-0.4, -0.2) is 29.3 Å². The molecule has 0 aliphatic heterocycles. The van der Waals surface area contributed by atoms with Gasteiger partial charge in [0.25, 0.3) is 0 Å². The van der Waals surface area contributed by atoms with E-state index in [2.05, 4.69) is 22.2 Å².